The first-order valence-corrected chi connectivity index (χ1v) is 5.82. The lowest BCUT2D eigenvalue weighted by Gasteiger charge is -2.31. The Morgan fingerprint density at radius 1 is 1.53 bits per heavy atom. The van der Waals surface area contributed by atoms with Crippen LogP contribution in [0, 0.1) is 5.41 Å². The lowest BCUT2D eigenvalue weighted by Crippen LogP contribution is -2.49. The summed E-state index contributed by atoms with van der Waals surface area (Å²) in [5.41, 5.74) is 2.33. The third kappa shape index (κ3) is 2.33. The number of nitrogens with one attached hydrogen (secondary N) is 2. The predicted molar refractivity (Wildman–Crippen MR) is 70.1 cm³/mol. The molecule has 2 rings (SSSR count). The summed E-state index contributed by atoms with van der Waals surface area (Å²) in [5, 5.41) is 10.7. The first-order valence-electron chi connectivity index (χ1n) is 5.82. The van der Waals surface area contributed by atoms with Gasteiger partial charge in [0.2, 0.25) is 5.91 Å². The molecule has 1 heterocycles. The Bertz CT molecular complexity index is 443. The van der Waals surface area contributed by atoms with Crippen LogP contribution in [0.4, 0.5) is 0 Å². The third-order valence-electron chi connectivity index (χ3n) is 3.16. The second kappa shape index (κ2) is 4.61. The van der Waals surface area contributed by atoms with E-state index in [0.717, 1.165) is 12.8 Å². The topological polar surface area (TPSA) is 56.2 Å². The van der Waals surface area contributed by atoms with E-state index in [9.17, 15) is 4.79 Å². The van der Waals surface area contributed by atoms with E-state index in [-0.39, 0.29) is 17.9 Å². The second-order valence-corrected chi connectivity index (χ2v) is 4.30. The van der Waals surface area contributed by atoms with E-state index in [2.05, 4.69) is 24.3 Å². The number of rotatable bonds is 2. The average Bonchev–Trinajstić information content (AvgIpc) is 2.35. The molecule has 0 aliphatic carbocycles. The van der Waals surface area contributed by atoms with Crippen molar-refractivity contribution in [2.24, 2.45) is 0 Å². The zero-order valence-corrected chi connectivity index (χ0v) is 10.2. The Morgan fingerprint density at radius 3 is 2.94 bits per heavy atom. The highest BCUT2D eigenvalue weighted by molar-refractivity contribution is 6.51. The fraction of sp³-hybridized carbons (Fsp3) is 0.333. The fourth-order valence-electron chi connectivity index (χ4n) is 1.98. The van der Waals surface area contributed by atoms with Gasteiger partial charge in [-0.2, -0.15) is 0 Å². The van der Waals surface area contributed by atoms with E-state index in [1.807, 2.05) is 12.1 Å². The van der Waals surface area contributed by atoms with Crippen molar-refractivity contribution in [2.45, 2.75) is 19.3 Å². The van der Waals surface area contributed by atoms with E-state index in [1.54, 1.807) is 7.05 Å². The summed E-state index contributed by atoms with van der Waals surface area (Å²) in [6, 6.07) is 8.11. The molecule has 2 N–H and O–H groups in total. The molecule has 0 spiro atoms. The van der Waals surface area contributed by atoms with Gasteiger partial charge >= 0.3 is 0 Å². The molecule has 1 amide bonds. The highest BCUT2D eigenvalue weighted by Gasteiger charge is 2.27. The van der Waals surface area contributed by atoms with Crippen LogP contribution in [0.5, 0.6) is 0 Å². The third-order valence-corrected chi connectivity index (χ3v) is 3.16. The molecule has 1 fully saturated rings. The minimum Gasteiger partial charge on any atom is -0.349 e. The van der Waals surface area contributed by atoms with Crippen LogP contribution in [-0.2, 0) is 4.79 Å². The average molecular weight is 229 g/mol. The lowest BCUT2D eigenvalue weighted by atomic mass is 9.72. The molecular formula is C12H16BN3O. The summed E-state index contributed by atoms with van der Waals surface area (Å²) in [4.78, 5) is 13.0. The van der Waals surface area contributed by atoms with Crippen molar-refractivity contribution in [2.75, 3.05) is 7.05 Å². The Morgan fingerprint density at radius 2 is 2.29 bits per heavy atom. The van der Waals surface area contributed by atoms with Gasteiger partial charge in [-0.05, 0) is 5.56 Å². The van der Waals surface area contributed by atoms with Crippen LogP contribution >= 0.6 is 0 Å². The van der Waals surface area contributed by atoms with Crippen molar-refractivity contribution in [3.8, 4) is 0 Å². The van der Waals surface area contributed by atoms with Gasteiger partial charge in [-0.3, -0.25) is 15.1 Å². The molecule has 1 unspecified atom stereocenters. The highest BCUT2D eigenvalue weighted by atomic mass is 16.2. The number of hydrogen-bond acceptors (Lipinski definition) is 2. The van der Waals surface area contributed by atoms with Gasteiger partial charge in [0.25, 0.3) is 0 Å². The molecule has 1 aromatic rings. The summed E-state index contributed by atoms with van der Waals surface area (Å²) >= 11 is 0. The fourth-order valence-corrected chi connectivity index (χ4v) is 1.98. The van der Waals surface area contributed by atoms with Gasteiger partial charge in [0.1, 0.15) is 0 Å². The normalized spacial score (nSPS) is 20.1. The van der Waals surface area contributed by atoms with Crippen molar-refractivity contribution in [3.63, 3.8) is 0 Å². The lowest BCUT2D eigenvalue weighted by molar-refractivity contribution is -0.128. The van der Waals surface area contributed by atoms with E-state index in [1.165, 1.54) is 10.4 Å². The molecule has 0 aromatic heterocycles. The minimum absolute atomic E-state index is 0.0133. The van der Waals surface area contributed by atoms with Gasteiger partial charge in [0.05, 0.1) is 12.5 Å². The first kappa shape index (κ1) is 11.7. The number of carbonyl (C=O) groups is 1. The van der Waals surface area contributed by atoms with Crippen LogP contribution in [0.2, 0.25) is 6.82 Å². The molecule has 5 heteroatoms. The number of hydrogen-bond donors (Lipinski definition) is 2. The molecule has 1 aliphatic rings. The Balaban J connectivity index is 2.22. The van der Waals surface area contributed by atoms with Crippen LogP contribution in [-0.4, -0.2) is 31.1 Å². The number of nitrogens with zero attached hydrogens (tertiary/aromatic N) is 1. The van der Waals surface area contributed by atoms with Crippen molar-refractivity contribution in [1.82, 2.24) is 10.2 Å². The molecular weight excluding hydrogens is 213 g/mol. The quantitative estimate of drug-likeness (QED) is 0.713. The van der Waals surface area contributed by atoms with Gasteiger partial charge in [-0.1, -0.05) is 36.6 Å². The Kier molecular flexibility index (Phi) is 3.18. The number of amides is 1. The van der Waals surface area contributed by atoms with Crippen LogP contribution in [0.25, 0.3) is 0 Å². The summed E-state index contributed by atoms with van der Waals surface area (Å²) in [7, 11) is 2.60. The summed E-state index contributed by atoms with van der Waals surface area (Å²) < 4.78 is 0. The first-order chi connectivity index (χ1) is 8.11. The van der Waals surface area contributed by atoms with E-state index < -0.39 is 0 Å². The molecule has 88 valence electrons. The van der Waals surface area contributed by atoms with Crippen LogP contribution in [0.1, 0.15) is 18.0 Å². The summed E-state index contributed by atoms with van der Waals surface area (Å²) in [5.74, 6) is 0.161. The SMILES string of the molecule is CBc1cccc(C2CC(=O)N(C)C(=N)N2)c1. The van der Waals surface area contributed by atoms with E-state index in [4.69, 9.17) is 5.41 Å². The van der Waals surface area contributed by atoms with Crippen LogP contribution in [0.3, 0.4) is 0 Å². The maximum atomic E-state index is 11.7. The van der Waals surface area contributed by atoms with Crippen LogP contribution in [0.15, 0.2) is 24.3 Å². The minimum atomic E-state index is -0.0716. The smallest absolute Gasteiger partial charge is 0.231 e. The maximum absolute atomic E-state index is 11.7. The number of carbonyl (C=O) groups excluding carboxylic acids is 1. The highest BCUT2D eigenvalue weighted by Crippen LogP contribution is 2.20. The summed E-state index contributed by atoms with van der Waals surface area (Å²) in [6.07, 6.45) is 0.409. The van der Waals surface area contributed by atoms with Crippen molar-refractivity contribution < 1.29 is 4.79 Å². The predicted octanol–water partition coefficient (Wildman–Crippen LogP) is 0.224. The van der Waals surface area contributed by atoms with Crippen molar-refractivity contribution >= 4 is 24.6 Å². The number of benzene rings is 1. The zero-order chi connectivity index (χ0) is 12.4. The molecule has 17 heavy (non-hydrogen) atoms. The Labute approximate surface area is 102 Å². The van der Waals surface area contributed by atoms with Gasteiger partial charge in [-0.15, -0.1) is 0 Å². The van der Waals surface area contributed by atoms with Crippen LogP contribution < -0.4 is 10.8 Å². The standard InChI is InChI=1S/C12H16BN3O/c1-13-9-5-3-4-8(6-9)10-7-11(17)16(2)12(14)15-10/h3-6,10,13H,7H2,1-2H3,(H2,14,15). The van der Waals surface area contributed by atoms with Crippen molar-refractivity contribution in [1.29, 1.82) is 5.41 Å². The van der Waals surface area contributed by atoms with Gasteiger partial charge < -0.3 is 5.32 Å². The molecule has 0 saturated carbocycles. The van der Waals surface area contributed by atoms with Crippen molar-refractivity contribution in [3.05, 3.63) is 29.8 Å². The molecule has 1 aromatic carbocycles. The van der Waals surface area contributed by atoms with Gasteiger partial charge in [0, 0.05) is 7.05 Å². The van der Waals surface area contributed by atoms with E-state index in [0.29, 0.717) is 6.42 Å². The molecule has 1 saturated heterocycles. The molecule has 4 nitrogen and oxygen atoms in total. The monoisotopic (exact) mass is 229 g/mol. The second-order valence-electron chi connectivity index (χ2n) is 4.30. The molecule has 0 radical (unpaired) electrons. The number of guanidine groups is 1. The van der Waals surface area contributed by atoms with Gasteiger partial charge in [0.15, 0.2) is 13.2 Å². The summed E-state index contributed by atoms with van der Waals surface area (Å²) in [6.45, 7) is 2.11. The largest absolute Gasteiger partial charge is 0.349 e. The molecule has 1 aliphatic heterocycles. The maximum Gasteiger partial charge on any atom is 0.231 e. The molecule has 0 bridgehead atoms. The molecule has 1 atom stereocenters. The van der Waals surface area contributed by atoms with E-state index >= 15 is 0 Å². The Hall–Kier alpha value is -1.78. The van der Waals surface area contributed by atoms with Gasteiger partial charge in [-0.25, -0.2) is 0 Å². The zero-order valence-electron chi connectivity index (χ0n) is 10.2.